The van der Waals surface area contributed by atoms with Crippen LogP contribution in [0.25, 0.3) is 0 Å². The third kappa shape index (κ3) is 4.73. The molecule has 0 aliphatic rings. The lowest BCUT2D eigenvalue weighted by molar-refractivity contribution is 0.318. The van der Waals surface area contributed by atoms with Gasteiger partial charge in [-0.1, -0.05) is 0 Å². The highest BCUT2D eigenvalue weighted by molar-refractivity contribution is 7.88. The van der Waals surface area contributed by atoms with E-state index in [1.54, 1.807) is 19.1 Å². The highest BCUT2D eigenvalue weighted by atomic mass is 32.2. The molecule has 1 aromatic rings. The van der Waals surface area contributed by atoms with Gasteiger partial charge >= 0.3 is 0 Å². The van der Waals surface area contributed by atoms with Crippen molar-refractivity contribution in [2.45, 2.75) is 6.92 Å². The fourth-order valence-electron chi connectivity index (χ4n) is 1.08. The van der Waals surface area contributed by atoms with E-state index in [4.69, 9.17) is 4.74 Å². The van der Waals surface area contributed by atoms with Crippen LogP contribution in [0.2, 0.25) is 0 Å². The molecule has 1 rings (SSSR count). The number of ether oxygens (including phenoxy) is 1. The molecule has 0 aliphatic heterocycles. The normalized spacial score (nSPS) is 11.6. The summed E-state index contributed by atoms with van der Waals surface area (Å²) in [5, 5.41) is 13.0. The van der Waals surface area contributed by atoms with Crippen LogP contribution < -0.4 is 9.57 Å². The van der Waals surface area contributed by atoms with Gasteiger partial charge in [0.1, 0.15) is 0 Å². The van der Waals surface area contributed by atoms with Gasteiger partial charge in [0.05, 0.1) is 19.1 Å². The average molecular weight is 258 g/mol. The number of hydrogen-bond acceptors (Lipinski definition) is 5. The molecule has 17 heavy (non-hydrogen) atoms. The molecule has 0 aromatic heterocycles. The molecular formula is C10H14N2O4S. The van der Waals surface area contributed by atoms with Gasteiger partial charge in [0.25, 0.3) is 0 Å². The maximum atomic E-state index is 10.8. The molecule has 0 bridgehead atoms. The first-order valence-electron chi connectivity index (χ1n) is 4.88. The minimum absolute atomic E-state index is 0.0278. The molecule has 1 aromatic carbocycles. The van der Waals surface area contributed by atoms with Crippen molar-refractivity contribution in [1.82, 2.24) is 4.83 Å². The lowest BCUT2D eigenvalue weighted by atomic mass is 10.2. The number of sulfonamides is 1. The zero-order chi connectivity index (χ0) is 12.9. The third-order valence-corrected chi connectivity index (χ3v) is 2.15. The van der Waals surface area contributed by atoms with Crippen molar-refractivity contribution in [2.24, 2.45) is 5.10 Å². The van der Waals surface area contributed by atoms with Gasteiger partial charge in [-0.25, -0.2) is 13.2 Å². The van der Waals surface area contributed by atoms with Gasteiger partial charge in [-0.15, -0.1) is 0 Å². The van der Waals surface area contributed by atoms with Gasteiger partial charge in [-0.3, -0.25) is 0 Å². The molecule has 94 valence electrons. The minimum Gasteiger partial charge on any atom is -0.504 e. The van der Waals surface area contributed by atoms with Crippen molar-refractivity contribution >= 4 is 16.2 Å². The Bertz CT molecular complexity index is 511. The monoisotopic (exact) mass is 258 g/mol. The van der Waals surface area contributed by atoms with E-state index in [0.29, 0.717) is 17.9 Å². The van der Waals surface area contributed by atoms with Crippen LogP contribution >= 0.6 is 0 Å². The number of hydrazone groups is 1. The van der Waals surface area contributed by atoms with Crippen LogP contribution in [0.15, 0.2) is 23.3 Å². The van der Waals surface area contributed by atoms with E-state index in [1.165, 1.54) is 12.3 Å². The smallest absolute Gasteiger partial charge is 0.244 e. The fourth-order valence-corrected chi connectivity index (χ4v) is 1.32. The molecular weight excluding hydrogens is 244 g/mol. The van der Waals surface area contributed by atoms with Crippen molar-refractivity contribution in [2.75, 3.05) is 12.9 Å². The Morgan fingerprint density at radius 1 is 1.53 bits per heavy atom. The fraction of sp³-hybridized carbons (Fsp3) is 0.300. The lowest BCUT2D eigenvalue weighted by Crippen LogP contribution is -2.15. The molecule has 0 aliphatic carbocycles. The molecule has 0 unspecified atom stereocenters. The summed E-state index contributed by atoms with van der Waals surface area (Å²) in [5.74, 6) is 0.357. The molecule has 7 heteroatoms. The molecule has 6 nitrogen and oxygen atoms in total. The van der Waals surface area contributed by atoms with Crippen LogP contribution in [0.1, 0.15) is 12.5 Å². The predicted octanol–water partition coefficient (Wildman–Crippen LogP) is 0.674. The second-order valence-corrected chi connectivity index (χ2v) is 5.01. The van der Waals surface area contributed by atoms with E-state index in [1.807, 2.05) is 4.83 Å². The second kappa shape index (κ2) is 5.53. The van der Waals surface area contributed by atoms with Crippen LogP contribution in [-0.4, -0.2) is 32.6 Å². The number of phenols is 1. The Labute approximate surface area is 100.0 Å². The van der Waals surface area contributed by atoms with Crippen molar-refractivity contribution in [3.05, 3.63) is 23.8 Å². The molecule has 0 radical (unpaired) electrons. The van der Waals surface area contributed by atoms with Crippen LogP contribution in [0.5, 0.6) is 11.5 Å². The predicted molar refractivity (Wildman–Crippen MR) is 64.8 cm³/mol. The molecule has 2 N–H and O–H groups in total. The van der Waals surface area contributed by atoms with Crippen LogP contribution in [0, 0.1) is 0 Å². The SMILES string of the molecule is CCOc1cc(/C=N/NS(C)(=O)=O)ccc1O. The summed E-state index contributed by atoms with van der Waals surface area (Å²) in [7, 11) is -3.35. The van der Waals surface area contributed by atoms with Gasteiger partial charge in [0.15, 0.2) is 11.5 Å². The van der Waals surface area contributed by atoms with Gasteiger partial charge in [-0.05, 0) is 30.7 Å². The van der Waals surface area contributed by atoms with E-state index in [2.05, 4.69) is 5.10 Å². The summed E-state index contributed by atoms with van der Waals surface area (Å²) in [6.45, 7) is 2.22. The molecule has 0 fully saturated rings. The number of phenolic OH excluding ortho intramolecular Hbond substituents is 1. The Balaban J connectivity index is 2.82. The molecule has 0 amide bonds. The summed E-state index contributed by atoms with van der Waals surface area (Å²) in [4.78, 5) is 1.97. The summed E-state index contributed by atoms with van der Waals surface area (Å²) in [6.07, 6.45) is 2.33. The number of aromatic hydroxyl groups is 1. The van der Waals surface area contributed by atoms with Crippen LogP contribution in [0.4, 0.5) is 0 Å². The largest absolute Gasteiger partial charge is 0.504 e. The van der Waals surface area contributed by atoms with E-state index < -0.39 is 10.0 Å². The third-order valence-electron chi connectivity index (χ3n) is 1.72. The summed E-state index contributed by atoms with van der Waals surface area (Å²) >= 11 is 0. The highest BCUT2D eigenvalue weighted by Crippen LogP contribution is 2.25. The maximum Gasteiger partial charge on any atom is 0.244 e. The minimum atomic E-state index is -3.35. The Morgan fingerprint density at radius 3 is 2.82 bits per heavy atom. The van der Waals surface area contributed by atoms with Crippen LogP contribution in [0.3, 0.4) is 0 Å². The van der Waals surface area contributed by atoms with Gasteiger partial charge < -0.3 is 9.84 Å². The van der Waals surface area contributed by atoms with Crippen molar-refractivity contribution in [3.8, 4) is 11.5 Å². The number of benzene rings is 1. The standard InChI is InChI=1S/C10H14N2O4S/c1-3-16-10-6-8(4-5-9(10)13)7-11-12-17(2,14)15/h4-7,12-13H,3H2,1-2H3/b11-7+. The summed E-state index contributed by atoms with van der Waals surface area (Å²) in [5.41, 5.74) is 0.613. The first kappa shape index (κ1) is 13.3. The first-order chi connectivity index (χ1) is 7.92. The quantitative estimate of drug-likeness (QED) is 0.600. The van der Waals surface area contributed by atoms with E-state index in [0.717, 1.165) is 6.26 Å². The topological polar surface area (TPSA) is 88.0 Å². The Morgan fingerprint density at radius 2 is 2.24 bits per heavy atom. The number of nitrogens with one attached hydrogen (secondary N) is 1. The number of rotatable bonds is 5. The second-order valence-electron chi connectivity index (χ2n) is 3.28. The van der Waals surface area contributed by atoms with E-state index in [9.17, 15) is 13.5 Å². The Kier molecular flexibility index (Phi) is 4.33. The van der Waals surface area contributed by atoms with E-state index in [-0.39, 0.29) is 5.75 Å². The molecule has 0 heterocycles. The van der Waals surface area contributed by atoms with Crippen LogP contribution in [-0.2, 0) is 10.0 Å². The molecule has 0 saturated heterocycles. The van der Waals surface area contributed by atoms with Gasteiger partial charge in [0.2, 0.25) is 10.0 Å². The zero-order valence-electron chi connectivity index (χ0n) is 9.54. The van der Waals surface area contributed by atoms with Gasteiger partial charge in [-0.2, -0.15) is 5.10 Å². The Hall–Kier alpha value is -1.76. The number of hydrogen-bond donors (Lipinski definition) is 2. The lowest BCUT2D eigenvalue weighted by Gasteiger charge is -2.05. The van der Waals surface area contributed by atoms with E-state index >= 15 is 0 Å². The average Bonchev–Trinajstić information content (AvgIpc) is 2.21. The maximum absolute atomic E-state index is 10.8. The number of nitrogens with zero attached hydrogens (tertiary/aromatic N) is 1. The molecule has 0 saturated carbocycles. The van der Waals surface area contributed by atoms with Crippen molar-refractivity contribution in [1.29, 1.82) is 0 Å². The molecule has 0 spiro atoms. The van der Waals surface area contributed by atoms with Gasteiger partial charge in [0, 0.05) is 0 Å². The molecule has 0 atom stereocenters. The summed E-state index contributed by atoms with van der Waals surface area (Å²) < 4.78 is 26.7. The van der Waals surface area contributed by atoms with Crippen molar-refractivity contribution in [3.63, 3.8) is 0 Å². The summed E-state index contributed by atoms with van der Waals surface area (Å²) in [6, 6.07) is 4.60. The highest BCUT2D eigenvalue weighted by Gasteiger charge is 2.02. The zero-order valence-corrected chi connectivity index (χ0v) is 10.4. The first-order valence-corrected chi connectivity index (χ1v) is 6.77. The van der Waals surface area contributed by atoms with Crippen molar-refractivity contribution < 1.29 is 18.3 Å².